The van der Waals surface area contributed by atoms with Crippen molar-refractivity contribution in [3.63, 3.8) is 0 Å². The van der Waals surface area contributed by atoms with Crippen LogP contribution in [0.1, 0.15) is 0 Å². The van der Waals surface area contributed by atoms with E-state index < -0.39 is 0 Å². The van der Waals surface area contributed by atoms with Crippen molar-refractivity contribution in [1.29, 1.82) is 0 Å². The highest BCUT2D eigenvalue weighted by atomic mass is 79.9. The number of benzene rings is 2. The Labute approximate surface area is 142 Å². The summed E-state index contributed by atoms with van der Waals surface area (Å²) in [6.45, 7) is 0. The Morgan fingerprint density at radius 2 is 1.82 bits per heavy atom. The van der Waals surface area contributed by atoms with Gasteiger partial charge in [0.15, 0.2) is 0 Å². The fraction of sp³-hybridized carbons (Fsp3) is 0.125. The third-order valence-electron chi connectivity index (χ3n) is 2.92. The molecule has 0 aliphatic heterocycles. The summed E-state index contributed by atoms with van der Waals surface area (Å²) in [5.74, 6) is 1.15. The van der Waals surface area contributed by atoms with Crippen LogP contribution in [-0.4, -0.2) is 23.3 Å². The summed E-state index contributed by atoms with van der Waals surface area (Å²) in [6, 6.07) is 13.9. The third-order valence-corrected chi connectivity index (χ3v) is 4.20. The summed E-state index contributed by atoms with van der Waals surface area (Å²) < 4.78 is 6.29. The molecule has 0 bridgehead atoms. The van der Waals surface area contributed by atoms with Gasteiger partial charge in [0.25, 0.3) is 0 Å². The monoisotopic (exact) mass is 377 g/mol. The van der Waals surface area contributed by atoms with Gasteiger partial charge in [0.1, 0.15) is 17.9 Å². The number of fused-ring (bicyclic) bond motifs is 1. The minimum absolute atomic E-state index is 0.447. The molecule has 0 atom stereocenters. The van der Waals surface area contributed by atoms with Gasteiger partial charge in [-0.1, -0.05) is 22.0 Å². The maximum Gasteiger partial charge on any atom is 0.138 e. The van der Waals surface area contributed by atoms with Gasteiger partial charge in [0.2, 0.25) is 0 Å². The van der Waals surface area contributed by atoms with Gasteiger partial charge in [-0.3, -0.25) is 0 Å². The molecule has 1 aromatic heterocycles. The van der Waals surface area contributed by atoms with Crippen LogP contribution in [0, 0.1) is 0 Å². The number of ether oxygens (including phenoxy) is 1. The van der Waals surface area contributed by atoms with Crippen molar-refractivity contribution in [2.24, 2.45) is 0 Å². The van der Waals surface area contributed by atoms with Crippen LogP contribution in [-0.2, 0) is 0 Å². The minimum Gasteiger partial charge on any atom is -0.496 e. The number of aromatic nitrogens is 2. The maximum atomic E-state index is 5.70. The first-order valence-corrected chi connectivity index (χ1v) is 8.50. The van der Waals surface area contributed by atoms with Gasteiger partial charge in [0.05, 0.1) is 18.0 Å². The molecular formula is C16H16BrN3OS. The predicted octanol–water partition coefficient (Wildman–Crippen LogP) is 4.39. The Morgan fingerprint density at radius 3 is 2.45 bits per heavy atom. The van der Waals surface area contributed by atoms with Gasteiger partial charge in [0, 0.05) is 9.37 Å². The van der Waals surface area contributed by atoms with Crippen LogP contribution in [0.15, 0.2) is 58.2 Å². The van der Waals surface area contributed by atoms with Gasteiger partial charge < -0.3 is 10.5 Å². The average Bonchev–Trinajstić information content (AvgIpc) is 2.56. The summed E-state index contributed by atoms with van der Waals surface area (Å²) in [5.41, 5.74) is 6.50. The second kappa shape index (κ2) is 8.00. The first-order valence-electron chi connectivity index (χ1n) is 6.48. The number of nitrogen functional groups attached to an aromatic ring is 1. The molecule has 0 saturated carbocycles. The Kier molecular flexibility index (Phi) is 6.03. The van der Waals surface area contributed by atoms with E-state index in [0.29, 0.717) is 11.6 Å². The van der Waals surface area contributed by atoms with Crippen molar-refractivity contribution >= 4 is 44.4 Å². The molecule has 3 rings (SSSR count). The van der Waals surface area contributed by atoms with Crippen LogP contribution >= 0.6 is 27.7 Å². The molecule has 114 valence electrons. The maximum absolute atomic E-state index is 5.70. The van der Waals surface area contributed by atoms with Crippen LogP contribution in [0.25, 0.3) is 10.9 Å². The zero-order valence-corrected chi connectivity index (χ0v) is 14.7. The molecule has 0 spiro atoms. The van der Waals surface area contributed by atoms with E-state index in [0.717, 1.165) is 15.4 Å². The molecule has 1 heterocycles. The number of methoxy groups -OCH3 is 1. The summed E-state index contributed by atoms with van der Waals surface area (Å²) in [4.78, 5) is 9.29. The van der Waals surface area contributed by atoms with Gasteiger partial charge in [-0.25, -0.2) is 9.97 Å². The highest BCUT2D eigenvalue weighted by Crippen LogP contribution is 2.27. The fourth-order valence-corrected chi connectivity index (χ4v) is 2.52. The topological polar surface area (TPSA) is 61.0 Å². The van der Waals surface area contributed by atoms with Crippen molar-refractivity contribution in [3.05, 3.63) is 53.3 Å². The van der Waals surface area contributed by atoms with E-state index in [9.17, 15) is 0 Å². The smallest absolute Gasteiger partial charge is 0.138 e. The number of hydrogen-bond acceptors (Lipinski definition) is 5. The molecule has 6 heteroatoms. The van der Waals surface area contributed by atoms with Gasteiger partial charge in [-0.2, -0.15) is 0 Å². The number of rotatable bonds is 2. The molecule has 0 radical (unpaired) electrons. The zero-order chi connectivity index (χ0) is 15.9. The molecule has 4 nitrogen and oxygen atoms in total. The van der Waals surface area contributed by atoms with Crippen molar-refractivity contribution in [2.45, 2.75) is 4.90 Å². The van der Waals surface area contributed by atoms with Crippen LogP contribution < -0.4 is 10.5 Å². The quantitative estimate of drug-likeness (QED) is 0.670. The van der Waals surface area contributed by atoms with E-state index in [-0.39, 0.29) is 0 Å². The predicted molar refractivity (Wildman–Crippen MR) is 96.4 cm³/mol. The summed E-state index contributed by atoms with van der Waals surface area (Å²) >= 11 is 5.12. The Hall–Kier alpha value is -1.79. The molecule has 0 aliphatic carbocycles. The van der Waals surface area contributed by atoms with Gasteiger partial charge in [-0.05, 0) is 42.7 Å². The van der Waals surface area contributed by atoms with E-state index in [1.165, 1.54) is 11.2 Å². The largest absolute Gasteiger partial charge is 0.496 e. The van der Waals surface area contributed by atoms with Crippen LogP contribution in [0.5, 0.6) is 5.75 Å². The average molecular weight is 378 g/mol. The summed E-state index contributed by atoms with van der Waals surface area (Å²) in [7, 11) is 1.60. The lowest BCUT2D eigenvalue weighted by molar-refractivity contribution is 0.420. The zero-order valence-electron chi connectivity index (χ0n) is 12.3. The third kappa shape index (κ3) is 4.11. The normalized spacial score (nSPS) is 9.95. The second-order valence-corrected chi connectivity index (χ2v) is 6.07. The second-order valence-electron chi connectivity index (χ2n) is 4.27. The SMILES string of the molecule is COc1cccc2ncnc(N)c12.CSc1ccc(Br)cc1. The molecule has 0 fully saturated rings. The van der Waals surface area contributed by atoms with E-state index in [1.807, 2.05) is 30.3 Å². The molecule has 2 aromatic carbocycles. The van der Waals surface area contributed by atoms with Crippen LogP contribution in [0.3, 0.4) is 0 Å². The summed E-state index contributed by atoms with van der Waals surface area (Å²) in [6.07, 6.45) is 3.51. The Morgan fingerprint density at radius 1 is 1.09 bits per heavy atom. The highest BCUT2D eigenvalue weighted by molar-refractivity contribution is 9.10. The molecule has 0 aliphatic rings. The molecule has 3 aromatic rings. The van der Waals surface area contributed by atoms with E-state index in [1.54, 1.807) is 18.9 Å². The lowest BCUT2D eigenvalue weighted by Gasteiger charge is -2.05. The standard InChI is InChI=1S/C9H9N3O.C7H7BrS/c1-13-7-4-2-3-6-8(7)9(10)12-5-11-6;1-9-7-4-2-6(8)3-5-7/h2-5H,1H3,(H2,10,11,12);2-5H,1H3. The Balaban J connectivity index is 0.000000172. The number of anilines is 1. The summed E-state index contributed by atoms with van der Waals surface area (Å²) in [5, 5.41) is 0.771. The van der Waals surface area contributed by atoms with Crippen LogP contribution in [0.2, 0.25) is 0 Å². The van der Waals surface area contributed by atoms with Gasteiger partial charge >= 0.3 is 0 Å². The Bertz CT molecular complexity index is 745. The molecular weight excluding hydrogens is 362 g/mol. The van der Waals surface area contributed by atoms with Crippen molar-refractivity contribution in [1.82, 2.24) is 9.97 Å². The molecule has 2 N–H and O–H groups in total. The van der Waals surface area contributed by atoms with Crippen LogP contribution in [0.4, 0.5) is 5.82 Å². The number of hydrogen-bond donors (Lipinski definition) is 1. The van der Waals surface area contributed by atoms with E-state index in [2.05, 4.69) is 44.3 Å². The molecule has 0 amide bonds. The van der Waals surface area contributed by atoms with E-state index in [4.69, 9.17) is 10.5 Å². The molecule has 22 heavy (non-hydrogen) atoms. The molecule has 0 saturated heterocycles. The fourth-order valence-electron chi connectivity index (χ4n) is 1.84. The number of halogens is 1. The lowest BCUT2D eigenvalue weighted by Crippen LogP contribution is -1.95. The van der Waals surface area contributed by atoms with Crippen molar-refractivity contribution < 1.29 is 4.74 Å². The first-order chi connectivity index (χ1) is 10.7. The first kappa shape index (κ1) is 16.6. The van der Waals surface area contributed by atoms with Gasteiger partial charge in [-0.15, -0.1) is 11.8 Å². The number of thioether (sulfide) groups is 1. The van der Waals surface area contributed by atoms with E-state index >= 15 is 0 Å². The lowest BCUT2D eigenvalue weighted by atomic mass is 10.2. The minimum atomic E-state index is 0.447. The highest BCUT2D eigenvalue weighted by Gasteiger charge is 2.05. The molecule has 0 unspecified atom stereocenters. The van der Waals surface area contributed by atoms with Crippen molar-refractivity contribution in [2.75, 3.05) is 19.1 Å². The number of nitrogens with two attached hydrogens (primary N) is 1. The van der Waals surface area contributed by atoms with Crippen molar-refractivity contribution in [3.8, 4) is 5.75 Å². The number of nitrogens with zero attached hydrogens (tertiary/aromatic N) is 2.